The van der Waals surface area contributed by atoms with Crippen LogP contribution in [-0.4, -0.2) is 22.3 Å². The average Bonchev–Trinajstić information content (AvgIpc) is 3.14. The van der Waals surface area contributed by atoms with Crippen molar-refractivity contribution in [3.8, 4) is 6.07 Å². The van der Waals surface area contributed by atoms with Gasteiger partial charge in [0.25, 0.3) is 6.43 Å². The molecule has 0 aromatic heterocycles. The molecule has 2 aromatic rings. The maximum absolute atomic E-state index is 13.2. The summed E-state index contributed by atoms with van der Waals surface area (Å²) in [5, 5.41) is 11.9. The maximum atomic E-state index is 13.2. The van der Waals surface area contributed by atoms with Crippen LogP contribution in [0.1, 0.15) is 42.0 Å². The standard InChI is InChI=1S/C22H17F2N3O3S/c1-31(30)18-9-12(11-25)5-6-15(18)20-19-16(7-8-17(19)28)27(22(29)26-20)14-4-2-3-13(10-14)21(23)24/h2-6,9-10,20-21H,7-8H2,1H3,(H,26,29). The Balaban J connectivity index is 1.86. The SMILES string of the molecule is CS(=O)c1cc(C#N)ccc1C1NC(=O)N(c2cccc(C(F)F)c2)C2=C1C(=O)CC2. The molecular weight excluding hydrogens is 424 g/mol. The first kappa shape index (κ1) is 20.9. The van der Waals surface area contributed by atoms with Gasteiger partial charge in [-0.2, -0.15) is 5.26 Å². The lowest BCUT2D eigenvalue weighted by molar-refractivity contribution is -0.115. The van der Waals surface area contributed by atoms with Crippen LogP contribution in [0, 0.1) is 11.3 Å². The third-order valence-electron chi connectivity index (χ3n) is 5.37. The number of hydrogen-bond acceptors (Lipinski definition) is 4. The molecular formula is C22H17F2N3O3S. The number of nitriles is 1. The number of ketones is 1. The quantitative estimate of drug-likeness (QED) is 0.773. The van der Waals surface area contributed by atoms with Crippen molar-refractivity contribution in [3.63, 3.8) is 0 Å². The van der Waals surface area contributed by atoms with Crippen LogP contribution in [0.25, 0.3) is 0 Å². The molecule has 1 aliphatic heterocycles. The van der Waals surface area contributed by atoms with Crippen molar-refractivity contribution in [2.75, 3.05) is 11.2 Å². The Kier molecular flexibility index (Phi) is 5.41. The first-order valence-electron chi connectivity index (χ1n) is 9.44. The Hall–Kier alpha value is -3.38. The van der Waals surface area contributed by atoms with Gasteiger partial charge in [0.15, 0.2) is 5.78 Å². The fourth-order valence-electron chi connectivity index (χ4n) is 4.00. The smallest absolute Gasteiger partial charge is 0.326 e. The van der Waals surface area contributed by atoms with E-state index in [-0.39, 0.29) is 29.9 Å². The van der Waals surface area contributed by atoms with Crippen LogP contribution in [0.15, 0.2) is 58.6 Å². The van der Waals surface area contributed by atoms with Crippen molar-refractivity contribution in [1.82, 2.24) is 5.32 Å². The molecule has 1 aliphatic carbocycles. The molecule has 1 N–H and O–H groups in total. The summed E-state index contributed by atoms with van der Waals surface area (Å²) in [6.07, 6.45) is -0.766. The zero-order valence-corrected chi connectivity index (χ0v) is 17.2. The van der Waals surface area contributed by atoms with Crippen LogP contribution >= 0.6 is 0 Å². The summed E-state index contributed by atoms with van der Waals surface area (Å²) < 4.78 is 38.7. The minimum Gasteiger partial charge on any atom is -0.326 e. The summed E-state index contributed by atoms with van der Waals surface area (Å²) in [6.45, 7) is 0. The number of Topliss-reactive ketones (excluding diaryl/α,β-unsaturated/α-hetero) is 1. The number of rotatable bonds is 4. The van der Waals surface area contributed by atoms with Crippen LogP contribution in [0.2, 0.25) is 0 Å². The van der Waals surface area contributed by atoms with E-state index in [0.29, 0.717) is 27.3 Å². The molecule has 0 spiro atoms. The van der Waals surface area contributed by atoms with Crippen LogP contribution in [0.4, 0.5) is 19.3 Å². The first-order chi connectivity index (χ1) is 14.8. The van der Waals surface area contributed by atoms with Crippen LogP contribution in [0.3, 0.4) is 0 Å². The van der Waals surface area contributed by atoms with Gasteiger partial charge in [0.2, 0.25) is 0 Å². The molecule has 1 heterocycles. The maximum Gasteiger partial charge on any atom is 0.327 e. The normalized spacial score (nSPS) is 19.3. The summed E-state index contributed by atoms with van der Waals surface area (Å²) in [4.78, 5) is 27.4. The zero-order valence-electron chi connectivity index (χ0n) is 16.4. The summed E-state index contributed by atoms with van der Waals surface area (Å²) in [5.41, 5.74) is 1.59. The number of anilines is 1. The lowest BCUT2D eigenvalue weighted by Gasteiger charge is -2.35. The van der Waals surface area contributed by atoms with Crippen molar-refractivity contribution in [1.29, 1.82) is 5.26 Å². The lowest BCUT2D eigenvalue weighted by Crippen LogP contribution is -2.47. The molecule has 4 rings (SSSR count). The van der Waals surface area contributed by atoms with Gasteiger partial charge in [-0.05, 0) is 36.2 Å². The van der Waals surface area contributed by atoms with E-state index >= 15 is 0 Å². The highest BCUT2D eigenvalue weighted by atomic mass is 32.2. The van der Waals surface area contributed by atoms with Gasteiger partial charge in [0, 0.05) is 34.4 Å². The molecule has 0 saturated carbocycles. The second-order valence-corrected chi connectivity index (χ2v) is 8.56. The fraction of sp³-hybridized carbons (Fsp3) is 0.227. The summed E-state index contributed by atoms with van der Waals surface area (Å²) in [5.74, 6) is -0.174. The van der Waals surface area contributed by atoms with Gasteiger partial charge in [-0.1, -0.05) is 18.2 Å². The zero-order chi connectivity index (χ0) is 22.3. The van der Waals surface area contributed by atoms with Gasteiger partial charge < -0.3 is 5.32 Å². The van der Waals surface area contributed by atoms with E-state index in [9.17, 15) is 22.6 Å². The number of carbonyl (C=O) groups is 2. The first-order valence-corrected chi connectivity index (χ1v) is 11.0. The fourth-order valence-corrected chi connectivity index (χ4v) is 4.81. The predicted octanol–water partition coefficient (Wildman–Crippen LogP) is 4.12. The molecule has 2 aliphatic rings. The Morgan fingerprint density at radius 1 is 1.19 bits per heavy atom. The predicted molar refractivity (Wildman–Crippen MR) is 110 cm³/mol. The highest BCUT2D eigenvalue weighted by Crippen LogP contribution is 2.42. The molecule has 2 amide bonds. The van der Waals surface area contributed by atoms with E-state index < -0.39 is 29.3 Å². The largest absolute Gasteiger partial charge is 0.327 e. The Labute approximate surface area is 179 Å². The molecule has 158 valence electrons. The Morgan fingerprint density at radius 2 is 1.97 bits per heavy atom. The van der Waals surface area contributed by atoms with Crippen molar-refractivity contribution in [2.24, 2.45) is 0 Å². The van der Waals surface area contributed by atoms with Crippen molar-refractivity contribution < 1.29 is 22.6 Å². The highest BCUT2D eigenvalue weighted by molar-refractivity contribution is 7.84. The number of halogens is 2. The summed E-state index contributed by atoms with van der Waals surface area (Å²) in [6, 6.07) is 10.7. The third kappa shape index (κ3) is 3.64. The van der Waals surface area contributed by atoms with Gasteiger partial charge in [-0.15, -0.1) is 0 Å². The number of hydrogen-bond donors (Lipinski definition) is 1. The minimum absolute atomic E-state index is 0.174. The molecule has 9 heteroatoms. The molecule has 2 atom stereocenters. The van der Waals surface area contributed by atoms with E-state index in [1.54, 1.807) is 6.07 Å². The number of benzene rings is 2. The molecule has 0 saturated heterocycles. The number of nitrogens with zero attached hydrogens (tertiary/aromatic N) is 2. The molecule has 2 unspecified atom stereocenters. The van der Waals surface area contributed by atoms with Crippen molar-refractivity contribution >= 4 is 28.3 Å². The van der Waals surface area contributed by atoms with Crippen molar-refractivity contribution in [3.05, 3.63) is 70.4 Å². The Bertz CT molecular complexity index is 1200. The topological polar surface area (TPSA) is 90.3 Å². The van der Waals surface area contributed by atoms with Gasteiger partial charge >= 0.3 is 6.03 Å². The van der Waals surface area contributed by atoms with Gasteiger partial charge in [-0.3, -0.25) is 13.9 Å². The lowest BCUT2D eigenvalue weighted by atomic mass is 9.94. The van der Waals surface area contributed by atoms with Gasteiger partial charge in [0.1, 0.15) is 0 Å². The number of alkyl halides is 2. The van der Waals surface area contributed by atoms with Crippen LogP contribution < -0.4 is 10.2 Å². The molecule has 0 radical (unpaired) electrons. The minimum atomic E-state index is -2.69. The molecule has 2 aromatic carbocycles. The molecule has 6 nitrogen and oxygen atoms in total. The number of nitrogens with one attached hydrogen (secondary N) is 1. The van der Waals surface area contributed by atoms with E-state index in [4.69, 9.17) is 5.26 Å². The summed E-state index contributed by atoms with van der Waals surface area (Å²) in [7, 11) is -1.47. The highest BCUT2D eigenvalue weighted by Gasteiger charge is 2.42. The number of amides is 2. The van der Waals surface area contributed by atoms with E-state index in [2.05, 4.69) is 5.32 Å². The van der Waals surface area contributed by atoms with E-state index in [1.165, 1.54) is 47.6 Å². The monoisotopic (exact) mass is 441 g/mol. The Morgan fingerprint density at radius 3 is 2.65 bits per heavy atom. The second-order valence-electron chi connectivity index (χ2n) is 7.22. The number of carbonyl (C=O) groups excluding carboxylic acids is 2. The van der Waals surface area contributed by atoms with Crippen LogP contribution in [0.5, 0.6) is 0 Å². The molecule has 31 heavy (non-hydrogen) atoms. The van der Waals surface area contributed by atoms with Crippen LogP contribution in [-0.2, 0) is 15.6 Å². The number of allylic oxidation sites excluding steroid dienone is 1. The number of urea groups is 1. The van der Waals surface area contributed by atoms with Gasteiger partial charge in [0.05, 0.1) is 34.2 Å². The average molecular weight is 441 g/mol. The third-order valence-corrected chi connectivity index (χ3v) is 6.35. The second kappa shape index (κ2) is 8.04. The van der Waals surface area contributed by atoms with Gasteiger partial charge in [-0.25, -0.2) is 13.6 Å². The van der Waals surface area contributed by atoms with Crippen molar-refractivity contribution in [2.45, 2.75) is 30.2 Å². The molecule has 0 fully saturated rings. The van der Waals surface area contributed by atoms with E-state index in [0.717, 1.165) is 0 Å². The summed E-state index contributed by atoms with van der Waals surface area (Å²) >= 11 is 0. The molecule has 0 bridgehead atoms. The van der Waals surface area contributed by atoms with E-state index in [1.807, 2.05) is 6.07 Å².